The van der Waals surface area contributed by atoms with Crippen LogP contribution in [0.4, 0.5) is 4.39 Å². The molecule has 1 atom stereocenters. The molecule has 0 aliphatic carbocycles. The molecule has 19 heavy (non-hydrogen) atoms. The van der Waals surface area contributed by atoms with Crippen molar-refractivity contribution in [3.63, 3.8) is 0 Å². The molecule has 0 radical (unpaired) electrons. The molecule has 1 saturated heterocycles. The minimum Gasteiger partial charge on any atom is -0.289 e. The van der Waals surface area contributed by atoms with Crippen molar-refractivity contribution in [3.05, 3.63) is 47.8 Å². The van der Waals surface area contributed by atoms with Crippen molar-refractivity contribution < 1.29 is 4.39 Å². The summed E-state index contributed by atoms with van der Waals surface area (Å²) in [4.78, 5) is 6.65. The maximum atomic E-state index is 12.9. The standard InChI is InChI=1S/C14H17FN4/c1-2-19-14(16-10-17-19)9-18-8-7-13(18)11-3-5-12(15)6-4-11/h3-6,10,13H,2,7-9H2,1H3/t13-/m0/s1. The van der Waals surface area contributed by atoms with Crippen molar-refractivity contribution in [1.29, 1.82) is 0 Å². The van der Waals surface area contributed by atoms with Gasteiger partial charge < -0.3 is 0 Å². The second kappa shape index (κ2) is 5.09. The molecule has 0 saturated carbocycles. The van der Waals surface area contributed by atoms with E-state index in [2.05, 4.69) is 21.9 Å². The number of likely N-dealkylation sites (tertiary alicyclic amines) is 1. The lowest BCUT2D eigenvalue weighted by Crippen LogP contribution is -2.40. The van der Waals surface area contributed by atoms with Crippen molar-refractivity contribution in [3.8, 4) is 0 Å². The van der Waals surface area contributed by atoms with Gasteiger partial charge >= 0.3 is 0 Å². The summed E-state index contributed by atoms with van der Waals surface area (Å²) in [6, 6.07) is 7.18. The normalized spacial score (nSPS) is 19.4. The molecule has 0 spiro atoms. The molecule has 1 fully saturated rings. The van der Waals surface area contributed by atoms with Gasteiger partial charge in [-0.15, -0.1) is 0 Å². The van der Waals surface area contributed by atoms with Crippen LogP contribution in [0, 0.1) is 5.82 Å². The summed E-state index contributed by atoms with van der Waals surface area (Å²) in [6.45, 7) is 4.75. The zero-order valence-electron chi connectivity index (χ0n) is 11.0. The van der Waals surface area contributed by atoms with E-state index >= 15 is 0 Å². The van der Waals surface area contributed by atoms with Crippen LogP contribution in [0.5, 0.6) is 0 Å². The highest BCUT2D eigenvalue weighted by Crippen LogP contribution is 2.34. The van der Waals surface area contributed by atoms with Gasteiger partial charge in [-0.1, -0.05) is 12.1 Å². The predicted octanol–water partition coefficient (Wildman–Crippen LogP) is 2.38. The number of aryl methyl sites for hydroxylation is 1. The molecule has 0 bridgehead atoms. The molecule has 5 heteroatoms. The lowest BCUT2D eigenvalue weighted by atomic mass is 9.95. The van der Waals surface area contributed by atoms with Gasteiger partial charge in [0.2, 0.25) is 0 Å². The summed E-state index contributed by atoms with van der Waals surface area (Å²) in [5.74, 6) is 0.815. The minimum atomic E-state index is -0.180. The van der Waals surface area contributed by atoms with E-state index in [4.69, 9.17) is 0 Å². The van der Waals surface area contributed by atoms with Crippen molar-refractivity contribution in [2.24, 2.45) is 0 Å². The average Bonchev–Trinajstić information content (AvgIpc) is 2.84. The van der Waals surface area contributed by atoms with Crippen LogP contribution in [0.25, 0.3) is 0 Å². The molecule has 0 unspecified atom stereocenters. The summed E-state index contributed by atoms with van der Waals surface area (Å²) >= 11 is 0. The Morgan fingerprint density at radius 3 is 2.74 bits per heavy atom. The smallest absolute Gasteiger partial charge is 0.141 e. The molecule has 100 valence electrons. The van der Waals surface area contributed by atoms with E-state index < -0.39 is 0 Å². The quantitative estimate of drug-likeness (QED) is 0.846. The summed E-state index contributed by atoms with van der Waals surface area (Å²) in [5, 5.41) is 4.18. The fourth-order valence-electron chi connectivity index (χ4n) is 2.55. The van der Waals surface area contributed by atoms with Gasteiger partial charge in [-0.05, 0) is 31.0 Å². The first kappa shape index (κ1) is 12.3. The molecule has 1 aliphatic rings. The van der Waals surface area contributed by atoms with E-state index in [0.29, 0.717) is 6.04 Å². The highest BCUT2D eigenvalue weighted by atomic mass is 19.1. The molecule has 1 aliphatic heterocycles. The van der Waals surface area contributed by atoms with E-state index in [-0.39, 0.29) is 5.82 Å². The Hall–Kier alpha value is -1.75. The Bertz CT molecular complexity index is 549. The molecule has 1 aromatic heterocycles. The van der Waals surface area contributed by atoms with Gasteiger partial charge in [0.05, 0.1) is 6.54 Å². The van der Waals surface area contributed by atoms with Crippen LogP contribution in [0.15, 0.2) is 30.6 Å². The van der Waals surface area contributed by atoms with E-state index in [1.54, 1.807) is 6.33 Å². The molecule has 0 N–H and O–H groups in total. The Labute approximate surface area is 111 Å². The van der Waals surface area contributed by atoms with Crippen LogP contribution >= 0.6 is 0 Å². The number of hydrogen-bond donors (Lipinski definition) is 0. The highest BCUT2D eigenvalue weighted by molar-refractivity contribution is 5.22. The van der Waals surface area contributed by atoms with Crippen LogP contribution in [-0.4, -0.2) is 26.2 Å². The van der Waals surface area contributed by atoms with E-state index in [1.165, 1.54) is 17.7 Å². The van der Waals surface area contributed by atoms with E-state index in [1.807, 2.05) is 16.8 Å². The maximum Gasteiger partial charge on any atom is 0.141 e. The topological polar surface area (TPSA) is 34.0 Å². The molecule has 2 heterocycles. The van der Waals surface area contributed by atoms with Gasteiger partial charge in [0.25, 0.3) is 0 Å². The highest BCUT2D eigenvalue weighted by Gasteiger charge is 2.30. The monoisotopic (exact) mass is 260 g/mol. The summed E-state index contributed by atoms with van der Waals surface area (Å²) < 4.78 is 14.9. The molecule has 1 aromatic carbocycles. The second-order valence-corrected chi connectivity index (χ2v) is 4.82. The lowest BCUT2D eigenvalue weighted by Gasteiger charge is -2.41. The molecule has 0 amide bonds. The summed E-state index contributed by atoms with van der Waals surface area (Å²) in [5.41, 5.74) is 1.18. The number of rotatable bonds is 4. The Kier molecular flexibility index (Phi) is 3.29. The van der Waals surface area contributed by atoms with Crippen molar-refractivity contribution in [2.75, 3.05) is 6.54 Å². The molecule has 4 nitrogen and oxygen atoms in total. The van der Waals surface area contributed by atoms with Gasteiger partial charge in [-0.3, -0.25) is 4.90 Å². The Morgan fingerprint density at radius 1 is 1.32 bits per heavy atom. The third kappa shape index (κ3) is 2.38. The fourth-order valence-corrected chi connectivity index (χ4v) is 2.55. The zero-order chi connectivity index (χ0) is 13.2. The third-order valence-corrected chi connectivity index (χ3v) is 3.73. The summed E-state index contributed by atoms with van der Waals surface area (Å²) in [6.07, 6.45) is 2.72. The van der Waals surface area contributed by atoms with Gasteiger partial charge in [0, 0.05) is 19.1 Å². The molecular formula is C14H17FN4. The first-order chi connectivity index (χ1) is 9.28. The number of nitrogens with zero attached hydrogens (tertiary/aromatic N) is 4. The van der Waals surface area contributed by atoms with Crippen molar-refractivity contribution in [2.45, 2.75) is 32.5 Å². The predicted molar refractivity (Wildman–Crippen MR) is 69.9 cm³/mol. The van der Waals surface area contributed by atoms with Crippen molar-refractivity contribution in [1.82, 2.24) is 19.7 Å². The van der Waals surface area contributed by atoms with Crippen molar-refractivity contribution >= 4 is 0 Å². The maximum absolute atomic E-state index is 12.9. The van der Waals surface area contributed by atoms with Crippen LogP contribution in [0.1, 0.15) is 30.8 Å². The van der Waals surface area contributed by atoms with Gasteiger partial charge in [-0.25, -0.2) is 14.1 Å². The number of hydrogen-bond acceptors (Lipinski definition) is 3. The molecule has 3 rings (SSSR count). The van der Waals surface area contributed by atoms with Gasteiger partial charge in [0.1, 0.15) is 18.0 Å². The minimum absolute atomic E-state index is 0.180. The van der Waals surface area contributed by atoms with Crippen LogP contribution < -0.4 is 0 Å². The zero-order valence-corrected chi connectivity index (χ0v) is 11.0. The van der Waals surface area contributed by atoms with Gasteiger partial charge in [-0.2, -0.15) is 5.10 Å². The van der Waals surface area contributed by atoms with Gasteiger partial charge in [0.15, 0.2) is 0 Å². The third-order valence-electron chi connectivity index (χ3n) is 3.73. The fraction of sp³-hybridized carbons (Fsp3) is 0.429. The number of aromatic nitrogens is 3. The lowest BCUT2D eigenvalue weighted by molar-refractivity contribution is 0.0770. The first-order valence-electron chi connectivity index (χ1n) is 6.64. The molecular weight excluding hydrogens is 243 g/mol. The van der Waals surface area contributed by atoms with E-state index in [0.717, 1.165) is 31.9 Å². The largest absolute Gasteiger partial charge is 0.289 e. The first-order valence-corrected chi connectivity index (χ1v) is 6.64. The average molecular weight is 260 g/mol. The molecule has 2 aromatic rings. The van der Waals surface area contributed by atoms with Crippen LogP contribution in [-0.2, 0) is 13.1 Å². The summed E-state index contributed by atoms with van der Waals surface area (Å²) in [7, 11) is 0. The Morgan fingerprint density at radius 2 is 2.11 bits per heavy atom. The second-order valence-electron chi connectivity index (χ2n) is 4.82. The number of benzene rings is 1. The van der Waals surface area contributed by atoms with Crippen LogP contribution in [0.2, 0.25) is 0 Å². The Balaban J connectivity index is 1.71. The SMILES string of the molecule is CCn1ncnc1CN1CC[C@H]1c1ccc(F)cc1. The van der Waals surface area contributed by atoms with E-state index in [9.17, 15) is 4.39 Å². The number of halogens is 1. The van der Waals surface area contributed by atoms with Crippen LogP contribution in [0.3, 0.4) is 0 Å².